The van der Waals surface area contributed by atoms with Gasteiger partial charge in [-0.2, -0.15) is 5.10 Å². The maximum atomic E-state index is 13.1. The fourth-order valence-electron chi connectivity index (χ4n) is 3.60. The van der Waals surface area contributed by atoms with Crippen LogP contribution in [-0.4, -0.2) is 33.0 Å². The average Bonchev–Trinajstić information content (AvgIpc) is 3.22. The lowest BCUT2D eigenvalue weighted by Gasteiger charge is -2.22. The highest BCUT2D eigenvalue weighted by atomic mass is 16.2. The highest BCUT2D eigenvalue weighted by Gasteiger charge is 2.23. The summed E-state index contributed by atoms with van der Waals surface area (Å²) in [4.78, 5) is 27.7. The summed E-state index contributed by atoms with van der Waals surface area (Å²) in [6.45, 7) is 10.8. The molecule has 2 aromatic carbocycles. The van der Waals surface area contributed by atoms with E-state index in [-0.39, 0.29) is 23.8 Å². The van der Waals surface area contributed by atoms with E-state index in [1.54, 1.807) is 9.58 Å². The molecule has 1 N–H and O–H groups in total. The zero-order valence-corrected chi connectivity index (χ0v) is 21.0. The Morgan fingerprint density at radius 3 is 2.32 bits per heavy atom. The molecule has 3 rings (SSSR count). The number of aromatic nitrogens is 2. The van der Waals surface area contributed by atoms with Gasteiger partial charge in [-0.1, -0.05) is 82.1 Å². The molecule has 0 spiro atoms. The third kappa shape index (κ3) is 6.80. The van der Waals surface area contributed by atoms with Gasteiger partial charge < -0.3 is 10.2 Å². The number of benzene rings is 2. The van der Waals surface area contributed by atoms with Crippen LogP contribution < -0.4 is 5.32 Å². The molecule has 34 heavy (non-hydrogen) atoms. The lowest BCUT2D eigenvalue weighted by Crippen LogP contribution is -2.37. The van der Waals surface area contributed by atoms with Gasteiger partial charge >= 0.3 is 0 Å². The van der Waals surface area contributed by atoms with Gasteiger partial charge in [-0.25, -0.2) is 4.68 Å². The maximum Gasteiger partial charge on any atom is 0.245 e. The molecule has 1 heterocycles. The predicted molar refractivity (Wildman–Crippen MR) is 137 cm³/mol. The zero-order chi connectivity index (χ0) is 24.7. The Bertz CT molecular complexity index is 1100. The number of carbonyl (C=O) groups excluding carboxylic acids is 2. The number of rotatable bonds is 9. The average molecular weight is 461 g/mol. The quantitative estimate of drug-likeness (QED) is 0.450. The monoisotopic (exact) mass is 460 g/mol. The molecular weight excluding hydrogens is 424 g/mol. The number of amides is 2. The molecule has 0 radical (unpaired) electrons. The molecule has 3 aromatic rings. The standard InChI is InChI=1S/C28H36N4O2/c1-6-7-13-27(34)31(19-22-11-9-8-10-12-22)20-26(33)29-25-18-24(28(3,4)5)30-32(25)23-16-14-21(2)15-17-23/h8-12,14-18H,6-7,13,19-20H2,1-5H3,(H,29,33). The smallest absolute Gasteiger partial charge is 0.245 e. The Balaban J connectivity index is 1.83. The van der Waals surface area contributed by atoms with Gasteiger partial charge in [-0.05, 0) is 31.0 Å². The summed E-state index contributed by atoms with van der Waals surface area (Å²) in [5.41, 5.74) is 3.73. The van der Waals surface area contributed by atoms with Crippen molar-refractivity contribution in [2.24, 2.45) is 0 Å². The van der Waals surface area contributed by atoms with Gasteiger partial charge in [0.05, 0.1) is 11.4 Å². The van der Waals surface area contributed by atoms with Crippen molar-refractivity contribution in [1.82, 2.24) is 14.7 Å². The number of hydrogen-bond acceptors (Lipinski definition) is 3. The van der Waals surface area contributed by atoms with Gasteiger partial charge in [0.2, 0.25) is 11.8 Å². The van der Waals surface area contributed by atoms with Crippen molar-refractivity contribution in [1.29, 1.82) is 0 Å². The first kappa shape index (κ1) is 25.2. The summed E-state index contributed by atoms with van der Waals surface area (Å²) in [6.07, 6.45) is 2.18. The summed E-state index contributed by atoms with van der Waals surface area (Å²) < 4.78 is 1.76. The van der Waals surface area contributed by atoms with Gasteiger partial charge in [-0.3, -0.25) is 9.59 Å². The Morgan fingerprint density at radius 2 is 1.71 bits per heavy atom. The molecule has 0 bridgehead atoms. The molecule has 0 aliphatic heterocycles. The van der Waals surface area contributed by atoms with Crippen LogP contribution in [0.25, 0.3) is 5.69 Å². The van der Waals surface area contributed by atoms with Crippen molar-refractivity contribution in [3.05, 3.63) is 77.5 Å². The number of aryl methyl sites for hydroxylation is 1. The topological polar surface area (TPSA) is 67.2 Å². The van der Waals surface area contributed by atoms with Gasteiger partial charge in [0.1, 0.15) is 12.4 Å². The molecule has 1 aromatic heterocycles. The van der Waals surface area contributed by atoms with Crippen molar-refractivity contribution < 1.29 is 9.59 Å². The molecule has 0 atom stereocenters. The first-order valence-electron chi connectivity index (χ1n) is 12.0. The Hall–Kier alpha value is -3.41. The van der Waals surface area contributed by atoms with Gasteiger partial charge in [0, 0.05) is 24.4 Å². The molecule has 0 unspecified atom stereocenters. The fourth-order valence-corrected chi connectivity index (χ4v) is 3.60. The van der Waals surface area contributed by atoms with Crippen LogP contribution in [-0.2, 0) is 21.5 Å². The van der Waals surface area contributed by atoms with Crippen molar-refractivity contribution in [2.45, 2.75) is 65.8 Å². The minimum absolute atomic E-state index is 0.0109. The molecule has 2 amide bonds. The van der Waals surface area contributed by atoms with E-state index >= 15 is 0 Å². The third-order valence-corrected chi connectivity index (χ3v) is 5.67. The Morgan fingerprint density at radius 1 is 1.03 bits per heavy atom. The largest absolute Gasteiger partial charge is 0.329 e. The highest BCUT2D eigenvalue weighted by Crippen LogP contribution is 2.26. The van der Waals surface area contributed by atoms with Gasteiger partial charge in [0.25, 0.3) is 0 Å². The maximum absolute atomic E-state index is 13.1. The molecule has 0 saturated carbocycles. The van der Waals surface area contributed by atoms with Crippen LogP contribution in [0.15, 0.2) is 60.7 Å². The molecular formula is C28H36N4O2. The number of hydrogen-bond donors (Lipinski definition) is 1. The number of anilines is 1. The minimum atomic E-state index is -0.241. The Labute approximate surface area is 203 Å². The molecule has 0 aliphatic rings. The normalized spacial score (nSPS) is 11.3. The highest BCUT2D eigenvalue weighted by molar-refractivity contribution is 5.94. The number of nitrogens with zero attached hydrogens (tertiary/aromatic N) is 3. The van der Waals surface area contributed by atoms with Crippen molar-refractivity contribution in [3.63, 3.8) is 0 Å². The van der Waals surface area contributed by atoms with Gasteiger partial charge in [-0.15, -0.1) is 0 Å². The van der Waals surface area contributed by atoms with Crippen LogP contribution in [0.1, 0.15) is 63.8 Å². The predicted octanol–water partition coefficient (Wildman–Crippen LogP) is 5.64. The molecule has 180 valence electrons. The summed E-state index contributed by atoms with van der Waals surface area (Å²) in [5, 5.41) is 7.79. The van der Waals surface area contributed by atoms with E-state index in [9.17, 15) is 9.59 Å². The van der Waals surface area contributed by atoms with E-state index in [4.69, 9.17) is 5.10 Å². The Kier molecular flexibility index (Phi) is 8.26. The third-order valence-electron chi connectivity index (χ3n) is 5.67. The first-order chi connectivity index (χ1) is 16.2. The van der Waals surface area contributed by atoms with E-state index in [0.29, 0.717) is 18.8 Å². The van der Waals surface area contributed by atoms with Crippen LogP contribution in [0.5, 0.6) is 0 Å². The summed E-state index contributed by atoms with van der Waals surface area (Å²) in [6, 6.07) is 19.7. The minimum Gasteiger partial charge on any atom is -0.329 e. The second-order valence-corrected chi connectivity index (χ2v) is 9.80. The number of unbranched alkanes of at least 4 members (excludes halogenated alkanes) is 1. The SMILES string of the molecule is CCCCC(=O)N(CC(=O)Nc1cc(C(C)(C)C)nn1-c1ccc(C)cc1)Cc1ccccc1. The second-order valence-electron chi connectivity index (χ2n) is 9.80. The fraction of sp³-hybridized carbons (Fsp3) is 0.393. The van der Waals surface area contributed by atoms with E-state index in [1.165, 1.54) is 0 Å². The molecule has 0 saturated heterocycles. The van der Waals surface area contributed by atoms with Crippen LogP contribution in [0.4, 0.5) is 5.82 Å². The summed E-state index contributed by atoms with van der Waals surface area (Å²) >= 11 is 0. The van der Waals surface area contributed by atoms with E-state index in [2.05, 4.69) is 33.0 Å². The second kappa shape index (κ2) is 11.1. The van der Waals surface area contributed by atoms with Crippen LogP contribution in [0.3, 0.4) is 0 Å². The zero-order valence-electron chi connectivity index (χ0n) is 21.0. The summed E-state index contributed by atoms with van der Waals surface area (Å²) in [5.74, 6) is 0.345. The van der Waals surface area contributed by atoms with Gasteiger partial charge in [0.15, 0.2) is 0 Å². The van der Waals surface area contributed by atoms with Crippen molar-refractivity contribution >= 4 is 17.6 Å². The summed E-state index contributed by atoms with van der Waals surface area (Å²) in [7, 11) is 0. The van der Waals surface area contributed by atoms with Crippen LogP contribution in [0.2, 0.25) is 0 Å². The first-order valence-corrected chi connectivity index (χ1v) is 12.0. The van der Waals surface area contributed by atoms with E-state index < -0.39 is 0 Å². The molecule has 6 heteroatoms. The van der Waals surface area contributed by atoms with Crippen LogP contribution in [0, 0.1) is 6.92 Å². The van der Waals surface area contributed by atoms with E-state index in [1.807, 2.05) is 67.6 Å². The molecule has 0 fully saturated rings. The van der Waals surface area contributed by atoms with Crippen molar-refractivity contribution in [3.8, 4) is 5.69 Å². The van der Waals surface area contributed by atoms with Crippen molar-refractivity contribution in [2.75, 3.05) is 11.9 Å². The molecule has 0 aliphatic carbocycles. The van der Waals surface area contributed by atoms with Crippen LogP contribution >= 0.6 is 0 Å². The lowest BCUT2D eigenvalue weighted by atomic mass is 9.92. The number of carbonyl (C=O) groups is 2. The lowest BCUT2D eigenvalue weighted by molar-refractivity contribution is -0.135. The van der Waals surface area contributed by atoms with E-state index in [0.717, 1.165) is 35.3 Å². The number of nitrogens with one attached hydrogen (secondary N) is 1. The molecule has 6 nitrogen and oxygen atoms in total.